The van der Waals surface area contributed by atoms with E-state index in [0.717, 1.165) is 0 Å². The lowest BCUT2D eigenvalue weighted by Gasteiger charge is -2.23. The molecule has 4 heteroatoms. The Morgan fingerprint density at radius 2 is 1.59 bits per heavy atom. The predicted octanol–water partition coefficient (Wildman–Crippen LogP) is 2.80. The van der Waals surface area contributed by atoms with Crippen LogP contribution < -0.4 is 0 Å². The molecule has 0 amide bonds. The highest BCUT2D eigenvalue weighted by Gasteiger charge is 2.29. The number of fused-ring (bicyclic) bond motifs is 1. The second-order valence-electron chi connectivity index (χ2n) is 4.96. The summed E-state index contributed by atoms with van der Waals surface area (Å²) < 4.78 is 5.65. The molecular weight excluding hydrogens is 232 g/mol. The molecule has 1 aromatic carbocycles. The number of Topliss-reactive ketones (excluding diaryl/α,β-unsaturated/α-hetero) is 1. The van der Waals surface area contributed by atoms with Gasteiger partial charge in [-0.2, -0.15) is 0 Å². The molecule has 0 aromatic heterocycles. The lowest BCUT2D eigenvalue weighted by Crippen LogP contribution is -2.30. The highest BCUT2D eigenvalue weighted by atomic mass is 28.4. The zero-order valence-electron chi connectivity index (χ0n) is 10.1. The van der Waals surface area contributed by atoms with E-state index in [-0.39, 0.29) is 17.3 Å². The molecule has 0 bridgehead atoms. The number of hydrogen-bond donors (Lipinski definition) is 0. The first-order chi connectivity index (χ1) is 7.88. The summed E-state index contributed by atoms with van der Waals surface area (Å²) in [6.45, 7) is 5.93. The van der Waals surface area contributed by atoms with E-state index in [1.807, 2.05) is 19.6 Å². The van der Waals surface area contributed by atoms with Crippen molar-refractivity contribution in [3.63, 3.8) is 0 Å². The number of carbonyl (C=O) groups is 2. The summed E-state index contributed by atoms with van der Waals surface area (Å²) in [7, 11) is -1.88. The van der Waals surface area contributed by atoms with Crippen molar-refractivity contribution >= 4 is 19.9 Å². The number of carbonyl (C=O) groups excluding carboxylic acids is 2. The van der Waals surface area contributed by atoms with Crippen molar-refractivity contribution in [2.24, 2.45) is 0 Å². The van der Waals surface area contributed by atoms with Crippen LogP contribution in [-0.2, 0) is 4.43 Å². The molecule has 1 aliphatic rings. The Labute approximate surface area is 101 Å². The molecule has 0 saturated heterocycles. The third kappa shape index (κ3) is 2.36. The van der Waals surface area contributed by atoms with Gasteiger partial charge < -0.3 is 4.43 Å². The number of benzene rings is 1. The van der Waals surface area contributed by atoms with Crippen molar-refractivity contribution in [3.8, 4) is 0 Å². The molecule has 3 nitrogen and oxygen atoms in total. The lowest BCUT2D eigenvalue weighted by molar-refractivity contribution is 0.0944. The van der Waals surface area contributed by atoms with Gasteiger partial charge >= 0.3 is 0 Å². The van der Waals surface area contributed by atoms with Crippen LogP contribution in [0.15, 0.2) is 36.1 Å². The minimum atomic E-state index is -1.88. The molecule has 0 heterocycles. The minimum Gasteiger partial charge on any atom is -0.542 e. The van der Waals surface area contributed by atoms with Gasteiger partial charge in [0, 0.05) is 17.2 Å². The minimum absolute atomic E-state index is 0.159. The van der Waals surface area contributed by atoms with Crippen molar-refractivity contribution in [2.75, 3.05) is 0 Å². The zero-order valence-corrected chi connectivity index (χ0v) is 11.1. The molecule has 0 spiro atoms. The van der Waals surface area contributed by atoms with Crippen LogP contribution in [0.4, 0.5) is 0 Å². The van der Waals surface area contributed by atoms with E-state index in [1.54, 1.807) is 24.3 Å². The molecule has 1 aliphatic carbocycles. The van der Waals surface area contributed by atoms with Crippen LogP contribution in [0.3, 0.4) is 0 Å². The fraction of sp³-hybridized carbons (Fsp3) is 0.231. The van der Waals surface area contributed by atoms with Crippen LogP contribution in [-0.4, -0.2) is 19.9 Å². The van der Waals surface area contributed by atoms with Gasteiger partial charge in [-0.1, -0.05) is 24.3 Å². The second-order valence-corrected chi connectivity index (χ2v) is 9.39. The Hall–Kier alpha value is -1.68. The maximum Gasteiger partial charge on any atom is 0.242 e. The zero-order chi connectivity index (χ0) is 12.6. The van der Waals surface area contributed by atoms with Crippen LogP contribution in [0.5, 0.6) is 0 Å². The van der Waals surface area contributed by atoms with E-state index < -0.39 is 8.32 Å². The number of allylic oxidation sites excluding steroid dienone is 2. The third-order valence-electron chi connectivity index (χ3n) is 2.34. The fourth-order valence-electron chi connectivity index (χ4n) is 1.70. The van der Waals surface area contributed by atoms with Gasteiger partial charge in [0.15, 0.2) is 11.5 Å². The van der Waals surface area contributed by atoms with Crippen molar-refractivity contribution in [3.05, 3.63) is 47.2 Å². The van der Waals surface area contributed by atoms with Gasteiger partial charge in [-0.15, -0.1) is 0 Å². The van der Waals surface area contributed by atoms with Gasteiger partial charge in [0.2, 0.25) is 14.1 Å². The SMILES string of the molecule is C[Si](C)(C)OC1=CC(=O)c2ccccc2C1=O. The average Bonchev–Trinajstić information content (AvgIpc) is 2.24. The van der Waals surface area contributed by atoms with Gasteiger partial charge in [0.1, 0.15) is 0 Å². The Bertz CT molecular complexity index is 524. The maximum atomic E-state index is 12.1. The number of ketones is 2. The van der Waals surface area contributed by atoms with Gasteiger partial charge in [-0.3, -0.25) is 9.59 Å². The molecule has 2 rings (SSSR count). The molecular formula is C13H14O3Si. The molecule has 0 N–H and O–H groups in total. The average molecular weight is 246 g/mol. The van der Waals surface area contributed by atoms with Crippen LogP contribution in [0.2, 0.25) is 19.6 Å². The summed E-state index contributed by atoms with van der Waals surface area (Å²) in [6.07, 6.45) is 1.31. The molecule has 17 heavy (non-hydrogen) atoms. The van der Waals surface area contributed by atoms with E-state index in [0.29, 0.717) is 11.1 Å². The van der Waals surface area contributed by atoms with E-state index in [2.05, 4.69) is 0 Å². The smallest absolute Gasteiger partial charge is 0.242 e. The summed E-state index contributed by atoms with van der Waals surface area (Å²) >= 11 is 0. The monoisotopic (exact) mass is 246 g/mol. The molecule has 0 aliphatic heterocycles. The predicted molar refractivity (Wildman–Crippen MR) is 67.6 cm³/mol. The Kier molecular flexibility index (Phi) is 2.75. The van der Waals surface area contributed by atoms with E-state index >= 15 is 0 Å². The second kappa shape index (κ2) is 3.96. The summed E-state index contributed by atoms with van der Waals surface area (Å²) in [5.41, 5.74) is 0.897. The molecule has 0 unspecified atom stereocenters. The molecule has 0 atom stereocenters. The normalized spacial score (nSPS) is 15.4. The summed E-state index contributed by atoms with van der Waals surface area (Å²) in [5.74, 6) is -0.163. The topological polar surface area (TPSA) is 43.4 Å². The number of hydrogen-bond acceptors (Lipinski definition) is 3. The van der Waals surface area contributed by atoms with Gasteiger partial charge in [-0.05, 0) is 19.6 Å². The van der Waals surface area contributed by atoms with Crippen LogP contribution >= 0.6 is 0 Å². The van der Waals surface area contributed by atoms with Crippen molar-refractivity contribution in [1.29, 1.82) is 0 Å². The molecule has 88 valence electrons. The van der Waals surface area contributed by atoms with Crippen molar-refractivity contribution in [2.45, 2.75) is 19.6 Å². The quantitative estimate of drug-likeness (QED) is 0.754. The third-order valence-corrected chi connectivity index (χ3v) is 3.17. The largest absolute Gasteiger partial charge is 0.542 e. The van der Waals surface area contributed by atoms with Crippen molar-refractivity contribution < 1.29 is 14.0 Å². The fourth-order valence-corrected chi connectivity index (χ4v) is 2.51. The van der Waals surface area contributed by atoms with Gasteiger partial charge in [0.25, 0.3) is 0 Å². The summed E-state index contributed by atoms with van der Waals surface area (Å²) in [5, 5.41) is 0. The Balaban J connectivity index is 2.42. The molecule has 1 aromatic rings. The van der Waals surface area contributed by atoms with E-state index in [1.165, 1.54) is 6.08 Å². The summed E-state index contributed by atoms with van der Waals surface area (Å²) in [4.78, 5) is 24.0. The Morgan fingerprint density at radius 3 is 2.18 bits per heavy atom. The molecule has 0 saturated carbocycles. The number of rotatable bonds is 2. The van der Waals surface area contributed by atoms with Crippen molar-refractivity contribution in [1.82, 2.24) is 0 Å². The van der Waals surface area contributed by atoms with Crippen LogP contribution in [0.1, 0.15) is 20.7 Å². The molecule has 0 radical (unpaired) electrons. The summed E-state index contributed by atoms with van der Waals surface area (Å²) in [6, 6.07) is 6.83. The first-order valence-corrected chi connectivity index (χ1v) is 8.88. The van der Waals surface area contributed by atoms with Crippen LogP contribution in [0.25, 0.3) is 0 Å². The standard InChI is InChI=1S/C13H14O3Si/c1-17(2,3)16-12-8-11(14)9-6-4-5-7-10(9)13(12)15/h4-8H,1-3H3. The van der Waals surface area contributed by atoms with Crippen LogP contribution in [0, 0.1) is 0 Å². The lowest BCUT2D eigenvalue weighted by atomic mass is 9.94. The molecule has 0 fully saturated rings. The Morgan fingerprint density at radius 1 is 1.00 bits per heavy atom. The van der Waals surface area contributed by atoms with Gasteiger partial charge in [-0.25, -0.2) is 0 Å². The first-order valence-electron chi connectivity index (χ1n) is 5.47. The van der Waals surface area contributed by atoms with Gasteiger partial charge in [0.05, 0.1) is 0 Å². The maximum absolute atomic E-state index is 12.1. The highest BCUT2D eigenvalue weighted by Crippen LogP contribution is 2.23. The highest BCUT2D eigenvalue weighted by molar-refractivity contribution is 6.70. The van der Waals surface area contributed by atoms with E-state index in [4.69, 9.17) is 4.43 Å². The van der Waals surface area contributed by atoms with E-state index in [9.17, 15) is 9.59 Å². The first kappa shape index (κ1) is 11.8.